The molecule has 7 nitrogen and oxygen atoms in total. The van der Waals surface area contributed by atoms with Gasteiger partial charge in [-0.05, 0) is 43.5 Å². The van der Waals surface area contributed by atoms with E-state index >= 15 is 0 Å². The van der Waals surface area contributed by atoms with Gasteiger partial charge >= 0.3 is 6.03 Å². The molecule has 138 valence electrons. The summed E-state index contributed by atoms with van der Waals surface area (Å²) in [6, 6.07) is 10.5. The molecule has 3 atom stereocenters. The van der Waals surface area contributed by atoms with Crippen LogP contribution in [0.5, 0.6) is 11.6 Å². The summed E-state index contributed by atoms with van der Waals surface area (Å²) in [4.78, 5) is 15.5. The number of ether oxygens (including phenoxy) is 1. The van der Waals surface area contributed by atoms with Gasteiger partial charge < -0.3 is 14.9 Å². The number of benzene rings is 1. The van der Waals surface area contributed by atoms with E-state index in [0.717, 1.165) is 5.56 Å². The molecule has 0 spiro atoms. The van der Waals surface area contributed by atoms with Crippen LogP contribution in [0, 0.1) is 0 Å². The second kappa shape index (κ2) is 7.59. The van der Waals surface area contributed by atoms with Gasteiger partial charge in [0.15, 0.2) is 0 Å². The van der Waals surface area contributed by atoms with E-state index in [4.69, 9.17) is 16.3 Å². The molecule has 3 unspecified atom stereocenters. The lowest BCUT2D eigenvalue weighted by Gasteiger charge is -2.29. The fraction of sp³-hybridized carbons (Fsp3) is 0.333. The van der Waals surface area contributed by atoms with Gasteiger partial charge in [0.1, 0.15) is 11.3 Å². The average Bonchev–Trinajstić information content (AvgIpc) is 2.89. The zero-order chi connectivity index (χ0) is 18.7. The van der Waals surface area contributed by atoms with Crippen molar-refractivity contribution in [2.45, 2.75) is 37.6 Å². The van der Waals surface area contributed by atoms with Crippen LogP contribution < -0.4 is 15.4 Å². The second-order valence-electron chi connectivity index (χ2n) is 6.50. The number of pyridine rings is 1. The minimum atomic E-state index is -1.06. The van der Waals surface area contributed by atoms with Crippen LogP contribution in [0.4, 0.5) is 4.79 Å². The number of halogens is 1. The summed E-state index contributed by atoms with van der Waals surface area (Å²) in [5.74, 6) is 1.09. The Morgan fingerprint density at radius 3 is 2.65 bits per heavy atom. The molecule has 5 N–H and O–H groups in total. The van der Waals surface area contributed by atoms with E-state index in [1.165, 1.54) is 11.5 Å². The number of aromatic nitrogens is 1. The van der Waals surface area contributed by atoms with Crippen LogP contribution in [0.15, 0.2) is 42.6 Å². The van der Waals surface area contributed by atoms with E-state index in [1.807, 2.05) is 24.3 Å². The predicted octanol–water partition coefficient (Wildman–Crippen LogP) is 1.18. The standard InChI is InChI=1S/C18H20ClN3O4/c1-18(16(24)21-17(25)22-18)14(23)8-4-11-2-6-13(7-3-11)26-15-9-5-12(19)10-20-15/h2-3,5-7,9-10,14,16,23-24H,4,8H2,1H3,(H2,21,22,25)/p+1. The lowest BCUT2D eigenvalue weighted by molar-refractivity contribution is -0.630. The van der Waals surface area contributed by atoms with E-state index in [-0.39, 0.29) is 6.03 Å². The lowest BCUT2D eigenvalue weighted by atomic mass is 9.89. The van der Waals surface area contributed by atoms with E-state index in [2.05, 4.69) is 10.3 Å². The molecule has 1 aromatic carbocycles. The number of carbonyl (C=O) groups excluding carboxylic acids is 1. The average molecular weight is 379 g/mol. The largest absolute Gasteiger partial charge is 0.439 e. The molecule has 1 aliphatic heterocycles. The van der Waals surface area contributed by atoms with Crippen molar-refractivity contribution in [1.29, 1.82) is 0 Å². The first kappa shape index (κ1) is 18.6. The highest BCUT2D eigenvalue weighted by molar-refractivity contribution is 6.30. The van der Waals surface area contributed by atoms with Crippen molar-refractivity contribution in [2.75, 3.05) is 0 Å². The minimum absolute atomic E-state index is 0.364. The number of aliphatic hydroxyl groups excluding tert-OH is 2. The number of aliphatic hydroxyl groups is 2. The van der Waals surface area contributed by atoms with Crippen LogP contribution in [0.2, 0.25) is 5.02 Å². The number of amides is 2. The predicted molar refractivity (Wildman–Crippen MR) is 95.0 cm³/mol. The Bertz CT molecular complexity index is 769. The maximum Gasteiger partial charge on any atom is 0.416 e. The summed E-state index contributed by atoms with van der Waals surface area (Å²) >= 11 is 5.79. The van der Waals surface area contributed by atoms with Crippen LogP contribution in [-0.4, -0.2) is 39.1 Å². The number of hydrogen-bond acceptors (Lipinski definition) is 5. The molecule has 2 amide bonds. The van der Waals surface area contributed by atoms with Crippen LogP contribution in [-0.2, 0) is 6.42 Å². The first-order valence-electron chi connectivity index (χ1n) is 8.28. The molecule has 3 rings (SSSR count). The first-order valence-corrected chi connectivity index (χ1v) is 8.66. The molecular formula is C18H21ClN3O4+. The van der Waals surface area contributed by atoms with Gasteiger partial charge in [0.05, 0.1) is 11.1 Å². The van der Waals surface area contributed by atoms with Crippen molar-refractivity contribution in [3.05, 3.63) is 53.2 Å². The summed E-state index contributed by atoms with van der Waals surface area (Å²) < 4.78 is 5.63. The zero-order valence-electron chi connectivity index (χ0n) is 14.2. The molecule has 1 aromatic heterocycles. The Hall–Kier alpha value is -2.19. The van der Waals surface area contributed by atoms with Crippen molar-refractivity contribution in [3.63, 3.8) is 0 Å². The van der Waals surface area contributed by atoms with Crippen molar-refractivity contribution >= 4 is 17.6 Å². The summed E-state index contributed by atoms with van der Waals surface area (Å²) in [6.07, 6.45) is 0.641. The Balaban J connectivity index is 1.56. The molecule has 1 aliphatic rings. The number of hydrogen-bond donors (Lipinski definition) is 4. The smallest absolute Gasteiger partial charge is 0.416 e. The fourth-order valence-electron chi connectivity index (χ4n) is 2.85. The van der Waals surface area contributed by atoms with Crippen molar-refractivity contribution in [3.8, 4) is 11.6 Å². The maximum atomic E-state index is 11.4. The molecule has 0 bridgehead atoms. The summed E-state index contributed by atoms with van der Waals surface area (Å²) in [6.45, 7) is 1.64. The molecule has 2 heterocycles. The van der Waals surface area contributed by atoms with Crippen LogP contribution in [0.1, 0.15) is 18.9 Å². The summed E-state index contributed by atoms with van der Waals surface area (Å²) in [5, 5.41) is 24.7. The first-order chi connectivity index (χ1) is 12.4. The zero-order valence-corrected chi connectivity index (χ0v) is 15.0. The summed E-state index contributed by atoms with van der Waals surface area (Å²) in [7, 11) is 0. The number of urea groups is 1. The number of nitrogens with zero attached hydrogens (tertiary/aromatic N) is 1. The van der Waals surface area contributed by atoms with Gasteiger partial charge in [0.25, 0.3) is 0 Å². The van der Waals surface area contributed by atoms with Crippen LogP contribution >= 0.6 is 11.6 Å². The molecule has 26 heavy (non-hydrogen) atoms. The van der Waals surface area contributed by atoms with Crippen LogP contribution in [0.25, 0.3) is 0 Å². The van der Waals surface area contributed by atoms with Crippen LogP contribution in [0.3, 0.4) is 0 Å². The van der Waals surface area contributed by atoms with E-state index in [1.54, 1.807) is 19.1 Å². The number of nitrogens with two attached hydrogens (primary N) is 1. The van der Waals surface area contributed by atoms with Crippen molar-refractivity contribution in [1.82, 2.24) is 10.3 Å². The SMILES string of the molecule is CC1(C(O)CCc2ccc(Oc3ccc(Cl)cn3)cc2)NC(=O)[NH2+]C1O. The third-order valence-electron chi connectivity index (χ3n) is 4.56. The fourth-order valence-corrected chi connectivity index (χ4v) is 2.96. The van der Waals surface area contributed by atoms with E-state index in [9.17, 15) is 15.0 Å². The molecule has 0 aliphatic carbocycles. The highest BCUT2D eigenvalue weighted by Gasteiger charge is 2.51. The number of quaternary nitrogens is 1. The Morgan fingerprint density at radius 1 is 1.35 bits per heavy atom. The number of primary amides is 1. The quantitative estimate of drug-likeness (QED) is 0.603. The maximum absolute atomic E-state index is 11.4. The molecule has 2 aromatic rings. The number of carbonyl (C=O) groups is 1. The van der Waals surface area contributed by atoms with Gasteiger partial charge in [-0.25, -0.2) is 15.1 Å². The Morgan fingerprint density at radius 2 is 2.08 bits per heavy atom. The van der Waals surface area contributed by atoms with Crippen molar-refractivity contribution < 1.29 is 25.1 Å². The third kappa shape index (κ3) is 4.13. The minimum Gasteiger partial charge on any atom is -0.439 e. The van der Waals surface area contributed by atoms with E-state index < -0.39 is 17.9 Å². The molecule has 1 fully saturated rings. The topological polar surface area (TPSA) is 108 Å². The van der Waals surface area contributed by atoms with Gasteiger partial charge in [-0.2, -0.15) is 0 Å². The Labute approximate surface area is 156 Å². The number of rotatable bonds is 6. The molecule has 8 heteroatoms. The van der Waals surface area contributed by atoms with Gasteiger partial charge in [0, 0.05) is 12.3 Å². The van der Waals surface area contributed by atoms with Crippen molar-refractivity contribution in [2.24, 2.45) is 0 Å². The van der Waals surface area contributed by atoms with Gasteiger partial charge in [-0.15, -0.1) is 0 Å². The molecule has 0 radical (unpaired) electrons. The highest BCUT2D eigenvalue weighted by Crippen LogP contribution is 2.23. The van der Waals surface area contributed by atoms with Gasteiger partial charge in [-0.3, -0.25) is 5.32 Å². The number of aryl methyl sites for hydroxylation is 1. The number of nitrogens with one attached hydrogen (secondary N) is 1. The van der Waals surface area contributed by atoms with Gasteiger partial charge in [-0.1, -0.05) is 23.7 Å². The van der Waals surface area contributed by atoms with Gasteiger partial charge in [0.2, 0.25) is 12.1 Å². The monoisotopic (exact) mass is 378 g/mol. The normalized spacial score (nSPS) is 23.5. The molecule has 1 saturated heterocycles. The summed E-state index contributed by atoms with van der Waals surface area (Å²) in [5.41, 5.74) is -0.0488. The second-order valence-corrected chi connectivity index (χ2v) is 6.94. The molecule has 0 saturated carbocycles. The molecular weight excluding hydrogens is 358 g/mol. The third-order valence-corrected chi connectivity index (χ3v) is 4.78. The Kier molecular flexibility index (Phi) is 5.43. The highest BCUT2D eigenvalue weighted by atomic mass is 35.5. The van der Waals surface area contributed by atoms with E-state index in [0.29, 0.717) is 29.5 Å². The lowest BCUT2D eigenvalue weighted by Crippen LogP contribution is -2.92.